The first-order valence-electron chi connectivity index (χ1n) is 12.7. The minimum Gasteiger partial charge on any atom is -0.480 e. The Morgan fingerprint density at radius 3 is 2.05 bits per heavy atom. The summed E-state index contributed by atoms with van der Waals surface area (Å²) in [5.41, 5.74) is 3.92. The molecule has 3 aromatic carbocycles. The number of amides is 3. The number of hydrogen-bond donors (Lipinski definition) is 1. The highest BCUT2D eigenvalue weighted by Crippen LogP contribution is 2.40. The number of carbonyl (C=O) groups is 3. The summed E-state index contributed by atoms with van der Waals surface area (Å²) in [6.45, 7) is 0.214. The van der Waals surface area contributed by atoms with Crippen LogP contribution in [-0.4, -0.2) is 57.7 Å². The van der Waals surface area contributed by atoms with E-state index in [0.717, 1.165) is 16.7 Å². The Labute approximate surface area is 220 Å². The van der Waals surface area contributed by atoms with Gasteiger partial charge in [-0.3, -0.25) is 9.80 Å². The van der Waals surface area contributed by atoms with Crippen molar-refractivity contribution in [2.75, 3.05) is 11.4 Å². The first kappa shape index (κ1) is 23.8. The van der Waals surface area contributed by atoms with Crippen molar-refractivity contribution in [1.29, 1.82) is 0 Å². The van der Waals surface area contributed by atoms with E-state index in [1.165, 1.54) is 9.80 Å². The maximum absolute atomic E-state index is 14.3. The normalized spacial score (nSPS) is 21.4. The van der Waals surface area contributed by atoms with Crippen molar-refractivity contribution < 1.29 is 24.2 Å². The molecule has 0 unspecified atom stereocenters. The van der Waals surface area contributed by atoms with Crippen LogP contribution in [0, 0.1) is 0 Å². The van der Waals surface area contributed by atoms with E-state index < -0.39 is 30.2 Å². The zero-order valence-electron chi connectivity index (χ0n) is 20.6. The Hall–Kier alpha value is -4.59. The number of carbonyl (C=O) groups excluding carboxylic acids is 2. The summed E-state index contributed by atoms with van der Waals surface area (Å²) in [4.78, 5) is 44.6. The smallest absolute Gasteiger partial charge is 0.410 e. The van der Waals surface area contributed by atoms with Gasteiger partial charge < -0.3 is 14.7 Å². The number of nitrogens with zero attached hydrogens (tertiary/aromatic N) is 3. The molecule has 6 rings (SSSR count). The molecular weight excluding hydrogens is 482 g/mol. The van der Waals surface area contributed by atoms with E-state index in [4.69, 9.17) is 4.74 Å². The Morgan fingerprint density at radius 1 is 0.816 bits per heavy atom. The highest BCUT2D eigenvalue weighted by molar-refractivity contribution is 6.06. The molecule has 8 heteroatoms. The lowest BCUT2D eigenvalue weighted by atomic mass is 10.0. The standard InChI is InChI=1S/C30H27N3O5/c34-28(35)27-26-17-16-23(32(26)30(37)38-19-20-8-2-1-3-9-20)18-31(27)29(36)33-24-12-6-4-10-21(24)14-15-22-11-5-7-13-25(22)33/h1-15,23,26-27H,16-19H2,(H,34,35)/t23-,26+,27-/m1/s1. The second kappa shape index (κ2) is 9.70. The van der Waals surface area contributed by atoms with Gasteiger partial charge >= 0.3 is 18.1 Å². The molecular formula is C30H27N3O5. The highest BCUT2D eigenvalue weighted by atomic mass is 16.6. The minimum absolute atomic E-state index is 0.102. The second-order valence-electron chi connectivity index (χ2n) is 9.75. The third kappa shape index (κ3) is 4.08. The molecule has 8 nitrogen and oxygen atoms in total. The fraction of sp³-hybridized carbons (Fsp3) is 0.233. The van der Waals surface area contributed by atoms with E-state index in [0.29, 0.717) is 24.2 Å². The van der Waals surface area contributed by atoms with Gasteiger partial charge in [-0.15, -0.1) is 0 Å². The average Bonchev–Trinajstić information content (AvgIpc) is 3.14. The molecule has 0 saturated carbocycles. The third-order valence-corrected chi connectivity index (χ3v) is 7.56. The van der Waals surface area contributed by atoms with Crippen LogP contribution in [-0.2, 0) is 16.1 Å². The Bertz CT molecular complexity index is 1370. The van der Waals surface area contributed by atoms with Gasteiger partial charge in [0.15, 0.2) is 6.04 Å². The van der Waals surface area contributed by atoms with E-state index in [2.05, 4.69) is 0 Å². The van der Waals surface area contributed by atoms with Gasteiger partial charge in [0, 0.05) is 6.54 Å². The predicted molar refractivity (Wildman–Crippen MR) is 143 cm³/mol. The number of hydrogen-bond acceptors (Lipinski definition) is 4. The molecule has 3 aromatic rings. The van der Waals surface area contributed by atoms with Gasteiger partial charge in [0.1, 0.15) is 6.61 Å². The number of carboxylic acid groups (broad SMARTS) is 1. The van der Waals surface area contributed by atoms with Gasteiger partial charge in [-0.1, -0.05) is 78.9 Å². The summed E-state index contributed by atoms with van der Waals surface area (Å²) in [6.07, 6.45) is 4.46. The number of piperazine rings is 1. The van der Waals surface area contributed by atoms with Gasteiger partial charge in [-0.25, -0.2) is 14.4 Å². The molecule has 0 spiro atoms. The molecule has 3 aliphatic heterocycles. The van der Waals surface area contributed by atoms with Crippen molar-refractivity contribution in [1.82, 2.24) is 9.80 Å². The molecule has 2 bridgehead atoms. The van der Waals surface area contributed by atoms with Crippen molar-refractivity contribution in [3.8, 4) is 0 Å². The van der Waals surface area contributed by atoms with E-state index in [-0.39, 0.29) is 19.2 Å². The molecule has 2 fully saturated rings. The summed E-state index contributed by atoms with van der Waals surface area (Å²) in [7, 11) is 0. The third-order valence-electron chi connectivity index (χ3n) is 7.56. The fourth-order valence-electron chi connectivity index (χ4n) is 5.83. The minimum atomic E-state index is -1.19. The summed E-state index contributed by atoms with van der Waals surface area (Å²) in [5, 5.41) is 10.3. The predicted octanol–water partition coefficient (Wildman–Crippen LogP) is 5.37. The number of aliphatic carboxylic acids is 1. The summed E-state index contributed by atoms with van der Waals surface area (Å²) in [6, 6.07) is 21.9. The maximum Gasteiger partial charge on any atom is 0.410 e. The number of fused-ring (bicyclic) bond motifs is 4. The average molecular weight is 510 g/mol. The molecule has 3 heterocycles. The largest absolute Gasteiger partial charge is 0.480 e. The van der Waals surface area contributed by atoms with Crippen LogP contribution in [0.25, 0.3) is 12.2 Å². The molecule has 0 aliphatic carbocycles. The van der Waals surface area contributed by atoms with Crippen LogP contribution in [0.2, 0.25) is 0 Å². The van der Waals surface area contributed by atoms with Gasteiger partial charge in [-0.2, -0.15) is 0 Å². The Kier molecular flexibility index (Phi) is 6.07. The number of urea groups is 1. The fourth-order valence-corrected chi connectivity index (χ4v) is 5.83. The molecule has 3 aliphatic rings. The van der Waals surface area contributed by atoms with E-state index in [1.807, 2.05) is 91.0 Å². The number of benzene rings is 3. The number of rotatable bonds is 3. The van der Waals surface area contributed by atoms with E-state index in [9.17, 15) is 19.5 Å². The molecule has 1 N–H and O–H groups in total. The molecule has 3 atom stereocenters. The summed E-state index contributed by atoms with van der Waals surface area (Å²) < 4.78 is 5.57. The van der Waals surface area contributed by atoms with Crippen LogP contribution >= 0.6 is 0 Å². The Balaban J connectivity index is 1.31. The molecule has 2 saturated heterocycles. The molecule has 192 valence electrons. The number of para-hydroxylation sites is 2. The van der Waals surface area contributed by atoms with Crippen molar-refractivity contribution in [3.05, 3.63) is 95.6 Å². The van der Waals surface area contributed by atoms with Crippen molar-refractivity contribution in [3.63, 3.8) is 0 Å². The lowest BCUT2D eigenvalue weighted by Gasteiger charge is -2.45. The lowest BCUT2D eigenvalue weighted by molar-refractivity contribution is -0.146. The SMILES string of the molecule is O=C(O)[C@H]1[C@@H]2CC[C@H](CN1C(=O)N1c3ccccc3C=Cc3ccccc31)N2C(=O)OCc1ccccc1. The quantitative estimate of drug-likeness (QED) is 0.513. The molecule has 3 amide bonds. The zero-order chi connectivity index (χ0) is 26.2. The first-order chi connectivity index (χ1) is 18.5. The second-order valence-corrected chi connectivity index (χ2v) is 9.75. The number of carboxylic acids is 1. The van der Waals surface area contributed by atoms with Crippen LogP contribution < -0.4 is 4.90 Å². The van der Waals surface area contributed by atoms with Crippen LogP contribution in [0.15, 0.2) is 78.9 Å². The molecule has 0 aromatic heterocycles. The van der Waals surface area contributed by atoms with Crippen molar-refractivity contribution in [2.45, 2.75) is 37.6 Å². The monoisotopic (exact) mass is 509 g/mol. The first-order valence-corrected chi connectivity index (χ1v) is 12.7. The lowest BCUT2D eigenvalue weighted by Crippen LogP contribution is -2.66. The van der Waals surface area contributed by atoms with Gasteiger partial charge in [-0.05, 0) is 41.7 Å². The van der Waals surface area contributed by atoms with Crippen LogP contribution in [0.4, 0.5) is 21.0 Å². The van der Waals surface area contributed by atoms with Crippen molar-refractivity contribution in [2.24, 2.45) is 0 Å². The molecule has 0 radical (unpaired) electrons. The number of anilines is 2. The van der Waals surface area contributed by atoms with Gasteiger partial charge in [0.2, 0.25) is 0 Å². The zero-order valence-corrected chi connectivity index (χ0v) is 20.6. The van der Waals surface area contributed by atoms with Crippen LogP contribution in [0.3, 0.4) is 0 Å². The number of ether oxygens (including phenoxy) is 1. The Morgan fingerprint density at radius 2 is 1.42 bits per heavy atom. The number of likely N-dealkylation sites (tertiary alicyclic amines) is 1. The van der Waals surface area contributed by atoms with E-state index >= 15 is 0 Å². The summed E-state index contributed by atoms with van der Waals surface area (Å²) in [5.74, 6) is -1.14. The van der Waals surface area contributed by atoms with Gasteiger partial charge in [0.05, 0.1) is 23.5 Å². The van der Waals surface area contributed by atoms with Crippen LogP contribution in [0.1, 0.15) is 29.5 Å². The van der Waals surface area contributed by atoms with Crippen LogP contribution in [0.5, 0.6) is 0 Å². The molecule has 38 heavy (non-hydrogen) atoms. The highest BCUT2D eigenvalue weighted by Gasteiger charge is 2.54. The van der Waals surface area contributed by atoms with Gasteiger partial charge in [0.25, 0.3) is 0 Å². The van der Waals surface area contributed by atoms with E-state index in [1.54, 1.807) is 4.90 Å². The topological polar surface area (TPSA) is 90.4 Å². The van der Waals surface area contributed by atoms with Crippen molar-refractivity contribution >= 4 is 41.6 Å². The maximum atomic E-state index is 14.3. The summed E-state index contributed by atoms with van der Waals surface area (Å²) >= 11 is 0.